The third kappa shape index (κ3) is 4.21. The Hall–Kier alpha value is -0.730. The Labute approximate surface area is 74.4 Å². The lowest BCUT2D eigenvalue weighted by Crippen LogP contribution is -2.36. The number of rotatable bonds is 4. The zero-order chi connectivity index (χ0) is 8.97. The second kappa shape index (κ2) is 4.33. The molecule has 0 atom stereocenters. The predicted octanol–water partition coefficient (Wildman–Crippen LogP) is 1.10. The third-order valence-electron chi connectivity index (χ3n) is 1.95. The van der Waals surface area contributed by atoms with Crippen molar-refractivity contribution in [3.8, 4) is 0 Å². The van der Waals surface area contributed by atoms with Crippen molar-refractivity contribution >= 4 is 5.96 Å². The molecule has 0 aromatic heterocycles. The van der Waals surface area contributed by atoms with E-state index < -0.39 is 0 Å². The Morgan fingerprint density at radius 2 is 2.25 bits per heavy atom. The first-order valence-electron chi connectivity index (χ1n) is 4.75. The fourth-order valence-corrected chi connectivity index (χ4v) is 1.12. The molecule has 0 bridgehead atoms. The van der Waals surface area contributed by atoms with Gasteiger partial charge < -0.3 is 11.1 Å². The fraction of sp³-hybridized carbons (Fsp3) is 0.889. The van der Waals surface area contributed by atoms with Crippen LogP contribution in [0.15, 0.2) is 4.99 Å². The average Bonchev–Trinajstić information content (AvgIpc) is 2.69. The molecule has 3 nitrogen and oxygen atoms in total. The summed E-state index contributed by atoms with van der Waals surface area (Å²) in [4.78, 5) is 4.23. The number of guanidine groups is 1. The molecule has 0 unspecified atom stereocenters. The molecule has 3 heteroatoms. The predicted molar refractivity (Wildman–Crippen MR) is 52.1 cm³/mol. The molecule has 0 saturated heterocycles. The first-order chi connectivity index (χ1) is 5.68. The fourth-order valence-electron chi connectivity index (χ4n) is 1.12. The molecule has 12 heavy (non-hydrogen) atoms. The van der Waals surface area contributed by atoms with Crippen LogP contribution in [0.5, 0.6) is 0 Å². The van der Waals surface area contributed by atoms with E-state index in [4.69, 9.17) is 5.73 Å². The van der Waals surface area contributed by atoms with Gasteiger partial charge >= 0.3 is 0 Å². The maximum atomic E-state index is 5.62. The molecule has 0 heterocycles. The van der Waals surface area contributed by atoms with Crippen molar-refractivity contribution in [2.24, 2.45) is 16.6 Å². The second-order valence-electron chi connectivity index (χ2n) is 3.80. The van der Waals surface area contributed by atoms with E-state index in [1.54, 1.807) is 0 Å². The largest absolute Gasteiger partial charge is 0.370 e. The van der Waals surface area contributed by atoms with Crippen molar-refractivity contribution in [2.75, 3.05) is 6.54 Å². The Balaban J connectivity index is 2.06. The first-order valence-corrected chi connectivity index (χ1v) is 4.75. The van der Waals surface area contributed by atoms with Gasteiger partial charge in [0.25, 0.3) is 0 Å². The van der Waals surface area contributed by atoms with Crippen molar-refractivity contribution in [1.82, 2.24) is 5.32 Å². The molecule has 1 aliphatic carbocycles. The molecule has 3 N–H and O–H groups in total. The first kappa shape index (κ1) is 9.36. The van der Waals surface area contributed by atoms with Gasteiger partial charge in [0.1, 0.15) is 0 Å². The van der Waals surface area contributed by atoms with E-state index in [0.29, 0.717) is 12.0 Å². The summed E-state index contributed by atoms with van der Waals surface area (Å²) in [6.45, 7) is 5.00. The van der Waals surface area contributed by atoms with Gasteiger partial charge in [-0.15, -0.1) is 0 Å². The summed E-state index contributed by atoms with van der Waals surface area (Å²) in [6.07, 6.45) is 4.00. The van der Waals surface area contributed by atoms with Gasteiger partial charge in [-0.3, -0.25) is 4.99 Å². The van der Waals surface area contributed by atoms with Gasteiger partial charge in [-0.25, -0.2) is 0 Å². The van der Waals surface area contributed by atoms with Gasteiger partial charge in [0.05, 0.1) is 0 Å². The van der Waals surface area contributed by atoms with E-state index in [1.807, 2.05) is 0 Å². The highest BCUT2D eigenvalue weighted by Crippen LogP contribution is 2.31. The summed E-state index contributed by atoms with van der Waals surface area (Å²) in [5.74, 6) is 1.53. The van der Waals surface area contributed by atoms with Crippen LogP contribution in [0.2, 0.25) is 0 Å². The number of hydrogen-bond donors (Lipinski definition) is 2. The number of nitrogens with two attached hydrogens (primary N) is 1. The van der Waals surface area contributed by atoms with Crippen LogP contribution in [0.1, 0.15) is 33.1 Å². The van der Waals surface area contributed by atoms with E-state index in [-0.39, 0.29) is 0 Å². The van der Waals surface area contributed by atoms with E-state index in [2.05, 4.69) is 24.2 Å². The van der Waals surface area contributed by atoms with Gasteiger partial charge in [-0.2, -0.15) is 0 Å². The van der Waals surface area contributed by atoms with Crippen LogP contribution in [0.4, 0.5) is 0 Å². The number of hydrogen-bond acceptors (Lipinski definition) is 1. The zero-order valence-electron chi connectivity index (χ0n) is 8.01. The quantitative estimate of drug-likeness (QED) is 0.489. The highest BCUT2D eigenvalue weighted by atomic mass is 15.1. The standard InChI is InChI=1S/C9H19N3/c1-7(2)12-9(10)11-6-5-8-3-4-8/h7-8H,3-6H2,1-2H3,(H3,10,11,12). The minimum Gasteiger partial charge on any atom is -0.370 e. The Morgan fingerprint density at radius 1 is 1.58 bits per heavy atom. The maximum absolute atomic E-state index is 5.62. The molecule has 0 aromatic carbocycles. The summed E-state index contributed by atoms with van der Waals surface area (Å²) >= 11 is 0. The molecule has 1 fully saturated rings. The topological polar surface area (TPSA) is 50.4 Å². The van der Waals surface area contributed by atoms with E-state index in [9.17, 15) is 0 Å². The third-order valence-corrected chi connectivity index (χ3v) is 1.95. The zero-order valence-corrected chi connectivity index (χ0v) is 8.01. The molecular formula is C9H19N3. The van der Waals surface area contributed by atoms with Crippen molar-refractivity contribution in [3.05, 3.63) is 0 Å². The Bertz CT molecular complexity index is 159. The number of nitrogens with one attached hydrogen (secondary N) is 1. The van der Waals surface area contributed by atoms with Gasteiger partial charge in [0.2, 0.25) is 0 Å². The van der Waals surface area contributed by atoms with E-state index in [0.717, 1.165) is 12.5 Å². The minimum atomic E-state index is 0.384. The van der Waals surface area contributed by atoms with Crippen LogP contribution in [0.25, 0.3) is 0 Å². The van der Waals surface area contributed by atoms with Gasteiger partial charge in [0.15, 0.2) is 5.96 Å². The molecular weight excluding hydrogens is 150 g/mol. The van der Waals surface area contributed by atoms with Crippen LogP contribution >= 0.6 is 0 Å². The lowest BCUT2D eigenvalue weighted by molar-refractivity contribution is 0.706. The Morgan fingerprint density at radius 3 is 2.75 bits per heavy atom. The Kier molecular flexibility index (Phi) is 3.38. The summed E-state index contributed by atoms with van der Waals surface area (Å²) in [5, 5.41) is 3.06. The highest BCUT2D eigenvalue weighted by molar-refractivity contribution is 5.77. The van der Waals surface area contributed by atoms with Gasteiger partial charge in [-0.1, -0.05) is 12.8 Å². The number of nitrogens with zero attached hydrogens (tertiary/aromatic N) is 1. The maximum Gasteiger partial charge on any atom is 0.188 e. The summed E-state index contributed by atoms with van der Waals surface area (Å²) in [7, 11) is 0. The lowest BCUT2D eigenvalue weighted by Gasteiger charge is -2.07. The summed E-state index contributed by atoms with van der Waals surface area (Å²) in [6, 6.07) is 0.384. The van der Waals surface area contributed by atoms with Crippen LogP contribution in [-0.4, -0.2) is 18.5 Å². The van der Waals surface area contributed by atoms with Crippen LogP contribution < -0.4 is 11.1 Å². The summed E-state index contributed by atoms with van der Waals surface area (Å²) < 4.78 is 0. The van der Waals surface area contributed by atoms with Crippen molar-refractivity contribution in [3.63, 3.8) is 0 Å². The van der Waals surface area contributed by atoms with Crippen LogP contribution in [0.3, 0.4) is 0 Å². The molecule has 0 amide bonds. The van der Waals surface area contributed by atoms with Crippen LogP contribution in [-0.2, 0) is 0 Å². The van der Waals surface area contributed by atoms with E-state index >= 15 is 0 Å². The normalized spacial score (nSPS) is 18.4. The van der Waals surface area contributed by atoms with Gasteiger partial charge in [0, 0.05) is 12.6 Å². The molecule has 1 rings (SSSR count). The SMILES string of the molecule is CC(C)NC(N)=NCCC1CC1. The molecule has 70 valence electrons. The van der Waals surface area contributed by atoms with Gasteiger partial charge in [-0.05, 0) is 26.2 Å². The lowest BCUT2D eigenvalue weighted by atomic mass is 10.3. The molecule has 1 aliphatic rings. The molecule has 1 saturated carbocycles. The molecule has 0 aromatic rings. The molecule has 0 spiro atoms. The van der Waals surface area contributed by atoms with E-state index in [1.165, 1.54) is 19.3 Å². The highest BCUT2D eigenvalue weighted by Gasteiger charge is 2.19. The monoisotopic (exact) mass is 169 g/mol. The second-order valence-corrected chi connectivity index (χ2v) is 3.80. The van der Waals surface area contributed by atoms with Crippen LogP contribution in [0, 0.1) is 5.92 Å². The van der Waals surface area contributed by atoms with Crippen molar-refractivity contribution < 1.29 is 0 Å². The molecule has 0 aliphatic heterocycles. The number of aliphatic imine (C=N–C) groups is 1. The molecule has 0 radical (unpaired) electrons. The van der Waals surface area contributed by atoms with Crippen molar-refractivity contribution in [1.29, 1.82) is 0 Å². The van der Waals surface area contributed by atoms with Crippen molar-refractivity contribution in [2.45, 2.75) is 39.2 Å². The average molecular weight is 169 g/mol. The smallest absolute Gasteiger partial charge is 0.188 e. The summed E-state index contributed by atoms with van der Waals surface area (Å²) in [5.41, 5.74) is 5.62. The minimum absolute atomic E-state index is 0.384.